The van der Waals surface area contributed by atoms with Crippen LogP contribution in [0.15, 0.2) is 24.3 Å². The van der Waals surface area contributed by atoms with Crippen LogP contribution in [0.3, 0.4) is 0 Å². The summed E-state index contributed by atoms with van der Waals surface area (Å²) in [5.74, 6) is 5.57. The number of nitrogens with two attached hydrogens (primary N) is 1. The second kappa shape index (κ2) is 4.72. The van der Waals surface area contributed by atoms with Crippen LogP contribution in [-0.2, 0) is 6.54 Å². The van der Waals surface area contributed by atoms with Gasteiger partial charge in [-0.15, -0.1) is 0 Å². The number of urea groups is 1. The van der Waals surface area contributed by atoms with E-state index >= 15 is 0 Å². The number of rotatable bonds is 2. The minimum atomic E-state index is -0.110. The van der Waals surface area contributed by atoms with Crippen LogP contribution in [0.25, 0.3) is 0 Å². The van der Waals surface area contributed by atoms with Gasteiger partial charge in [0.15, 0.2) is 0 Å². The van der Waals surface area contributed by atoms with Crippen LogP contribution in [0.4, 0.5) is 4.79 Å². The normalized spacial score (nSPS) is 16.8. The Balaban J connectivity index is 2.03. The van der Waals surface area contributed by atoms with Crippen molar-refractivity contribution >= 4 is 17.6 Å². The largest absolute Gasteiger partial charge is 0.334 e. The SMILES string of the molecule is NN1CCCN(Cc2ccc(Cl)cc2)C1=O. The molecule has 1 aromatic rings. The van der Waals surface area contributed by atoms with Crippen LogP contribution in [0.2, 0.25) is 5.02 Å². The summed E-state index contributed by atoms with van der Waals surface area (Å²) in [5.41, 5.74) is 1.06. The van der Waals surface area contributed by atoms with Gasteiger partial charge in [-0.2, -0.15) is 0 Å². The van der Waals surface area contributed by atoms with Crippen LogP contribution in [-0.4, -0.2) is 29.0 Å². The van der Waals surface area contributed by atoms with Gasteiger partial charge in [0.05, 0.1) is 0 Å². The van der Waals surface area contributed by atoms with Gasteiger partial charge in [0.25, 0.3) is 0 Å². The molecule has 1 saturated heterocycles. The Morgan fingerprint density at radius 3 is 2.62 bits per heavy atom. The lowest BCUT2D eigenvalue weighted by Crippen LogP contribution is -2.52. The molecule has 4 nitrogen and oxygen atoms in total. The van der Waals surface area contributed by atoms with E-state index in [2.05, 4.69) is 0 Å². The highest BCUT2D eigenvalue weighted by Crippen LogP contribution is 2.14. The maximum Gasteiger partial charge on any atom is 0.334 e. The van der Waals surface area contributed by atoms with E-state index in [1.807, 2.05) is 24.3 Å². The quantitative estimate of drug-likeness (QED) is 0.633. The van der Waals surface area contributed by atoms with Gasteiger partial charge in [-0.25, -0.2) is 10.6 Å². The summed E-state index contributed by atoms with van der Waals surface area (Å²) >= 11 is 5.80. The monoisotopic (exact) mass is 239 g/mol. The van der Waals surface area contributed by atoms with Crippen molar-refractivity contribution in [3.8, 4) is 0 Å². The molecule has 2 amide bonds. The van der Waals surface area contributed by atoms with E-state index in [-0.39, 0.29) is 6.03 Å². The number of carbonyl (C=O) groups is 1. The zero-order chi connectivity index (χ0) is 11.5. The van der Waals surface area contributed by atoms with Crippen LogP contribution in [0, 0.1) is 0 Å². The highest BCUT2D eigenvalue weighted by molar-refractivity contribution is 6.30. The number of hydrogen-bond acceptors (Lipinski definition) is 2. The van der Waals surface area contributed by atoms with Gasteiger partial charge in [-0.1, -0.05) is 23.7 Å². The van der Waals surface area contributed by atoms with Crippen LogP contribution in [0.1, 0.15) is 12.0 Å². The molecule has 1 aromatic carbocycles. The molecule has 86 valence electrons. The summed E-state index contributed by atoms with van der Waals surface area (Å²) in [5, 5.41) is 1.97. The Kier molecular flexibility index (Phi) is 3.31. The molecule has 0 atom stereocenters. The molecule has 0 saturated carbocycles. The van der Waals surface area contributed by atoms with Crippen molar-refractivity contribution in [2.24, 2.45) is 5.84 Å². The molecule has 0 spiro atoms. The summed E-state index contributed by atoms with van der Waals surface area (Å²) in [6.45, 7) is 1.98. The van der Waals surface area contributed by atoms with Crippen LogP contribution < -0.4 is 5.84 Å². The lowest BCUT2D eigenvalue weighted by Gasteiger charge is -2.32. The van der Waals surface area contributed by atoms with Crippen LogP contribution >= 0.6 is 11.6 Å². The van der Waals surface area contributed by atoms with E-state index in [0.29, 0.717) is 18.1 Å². The standard InChI is InChI=1S/C11H14ClN3O/c12-10-4-2-9(3-5-10)8-14-6-1-7-15(13)11(14)16/h2-5H,1,6-8,13H2. The predicted molar refractivity (Wildman–Crippen MR) is 62.8 cm³/mol. The summed E-state index contributed by atoms with van der Waals surface area (Å²) in [7, 11) is 0. The van der Waals surface area contributed by atoms with Crippen LogP contribution in [0.5, 0.6) is 0 Å². The maximum atomic E-state index is 11.7. The topological polar surface area (TPSA) is 49.6 Å². The Hall–Kier alpha value is -1.26. The summed E-state index contributed by atoms with van der Waals surface area (Å²) in [6, 6.07) is 7.38. The third-order valence-electron chi connectivity index (χ3n) is 2.63. The second-order valence-electron chi connectivity index (χ2n) is 3.88. The summed E-state index contributed by atoms with van der Waals surface area (Å²) in [4.78, 5) is 13.4. The van der Waals surface area contributed by atoms with E-state index in [1.54, 1.807) is 4.90 Å². The molecule has 0 aromatic heterocycles. The van der Waals surface area contributed by atoms with Gasteiger partial charge in [-0.3, -0.25) is 5.01 Å². The summed E-state index contributed by atoms with van der Waals surface area (Å²) < 4.78 is 0. The molecular weight excluding hydrogens is 226 g/mol. The van der Waals surface area contributed by atoms with Crippen molar-refractivity contribution in [2.45, 2.75) is 13.0 Å². The Morgan fingerprint density at radius 2 is 1.94 bits per heavy atom. The van der Waals surface area contributed by atoms with Crippen molar-refractivity contribution in [3.05, 3.63) is 34.9 Å². The molecule has 1 fully saturated rings. The fourth-order valence-corrected chi connectivity index (χ4v) is 1.89. The zero-order valence-corrected chi connectivity index (χ0v) is 9.65. The Bertz CT molecular complexity index is 379. The third kappa shape index (κ3) is 2.46. The number of hydrazine groups is 1. The van der Waals surface area contributed by atoms with Crippen molar-refractivity contribution in [3.63, 3.8) is 0 Å². The van der Waals surface area contributed by atoms with E-state index in [9.17, 15) is 4.79 Å². The van der Waals surface area contributed by atoms with E-state index in [4.69, 9.17) is 17.4 Å². The molecule has 0 bridgehead atoms. The lowest BCUT2D eigenvalue weighted by atomic mass is 10.2. The molecule has 0 radical (unpaired) electrons. The Morgan fingerprint density at radius 1 is 1.25 bits per heavy atom. The van der Waals surface area contributed by atoms with E-state index in [0.717, 1.165) is 18.5 Å². The number of hydrogen-bond donors (Lipinski definition) is 1. The molecule has 1 heterocycles. The highest BCUT2D eigenvalue weighted by atomic mass is 35.5. The first-order valence-corrected chi connectivity index (χ1v) is 5.60. The predicted octanol–water partition coefficient (Wildman–Crippen LogP) is 1.84. The first-order valence-electron chi connectivity index (χ1n) is 5.22. The molecule has 1 aliphatic rings. The molecule has 16 heavy (non-hydrogen) atoms. The highest BCUT2D eigenvalue weighted by Gasteiger charge is 2.22. The molecule has 5 heteroatoms. The minimum absolute atomic E-state index is 0.110. The fourth-order valence-electron chi connectivity index (χ4n) is 1.76. The zero-order valence-electron chi connectivity index (χ0n) is 8.90. The number of nitrogens with zero attached hydrogens (tertiary/aromatic N) is 2. The molecule has 2 N–H and O–H groups in total. The maximum absolute atomic E-state index is 11.7. The average Bonchev–Trinajstić information content (AvgIpc) is 2.28. The fraction of sp³-hybridized carbons (Fsp3) is 0.364. The lowest BCUT2D eigenvalue weighted by molar-refractivity contribution is 0.127. The van der Waals surface area contributed by atoms with Gasteiger partial charge in [0.2, 0.25) is 0 Å². The second-order valence-corrected chi connectivity index (χ2v) is 4.31. The minimum Gasteiger partial charge on any atom is -0.319 e. The number of amides is 2. The van der Waals surface area contributed by atoms with Gasteiger partial charge in [0, 0.05) is 24.7 Å². The first-order chi connectivity index (χ1) is 7.66. The molecule has 0 aliphatic carbocycles. The van der Waals surface area contributed by atoms with Gasteiger partial charge < -0.3 is 4.90 Å². The van der Waals surface area contributed by atoms with Gasteiger partial charge >= 0.3 is 6.03 Å². The van der Waals surface area contributed by atoms with Crippen molar-refractivity contribution < 1.29 is 4.79 Å². The molecule has 2 rings (SSSR count). The number of benzene rings is 1. The molecule has 0 unspecified atom stereocenters. The number of carbonyl (C=O) groups excluding carboxylic acids is 1. The molecular formula is C11H14ClN3O. The van der Waals surface area contributed by atoms with Crippen molar-refractivity contribution in [2.75, 3.05) is 13.1 Å². The Labute approximate surface area is 99.5 Å². The number of halogens is 1. The smallest absolute Gasteiger partial charge is 0.319 e. The van der Waals surface area contributed by atoms with Crippen molar-refractivity contribution in [1.82, 2.24) is 9.91 Å². The van der Waals surface area contributed by atoms with Gasteiger partial charge in [-0.05, 0) is 24.1 Å². The molecule has 1 aliphatic heterocycles. The van der Waals surface area contributed by atoms with Gasteiger partial charge in [0.1, 0.15) is 0 Å². The average molecular weight is 240 g/mol. The van der Waals surface area contributed by atoms with E-state index in [1.165, 1.54) is 5.01 Å². The van der Waals surface area contributed by atoms with E-state index < -0.39 is 0 Å². The first kappa shape index (κ1) is 11.2. The third-order valence-corrected chi connectivity index (χ3v) is 2.88. The van der Waals surface area contributed by atoms with Crippen molar-refractivity contribution in [1.29, 1.82) is 0 Å². The summed E-state index contributed by atoms with van der Waals surface area (Å²) in [6.07, 6.45) is 0.913.